The lowest BCUT2D eigenvalue weighted by Gasteiger charge is -2.14. The summed E-state index contributed by atoms with van der Waals surface area (Å²) < 4.78 is 4.47. The number of rotatable bonds is 5. The van der Waals surface area contributed by atoms with E-state index in [1.807, 2.05) is 13.0 Å². The van der Waals surface area contributed by atoms with Crippen LogP contribution in [0.5, 0.6) is 0 Å². The minimum atomic E-state index is -0.605. The normalized spacial score (nSPS) is 12.4. The molecule has 0 unspecified atom stereocenters. The summed E-state index contributed by atoms with van der Waals surface area (Å²) in [6.45, 7) is 9.41. The van der Waals surface area contributed by atoms with Gasteiger partial charge in [0.15, 0.2) is 0 Å². The summed E-state index contributed by atoms with van der Waals surface area (Å²) in [5.74, 6) is -0.246. The second-order valence-electron chi connectivity index (χ2n) is 3.62. The van der Waals surface area contributed by atoms with Crippen LogP contribution in [-0.2, 0) is 9.53 Å². The Morgan fingerprint density at radius 3 is 2.57 bits per heavy atom. The zero-order chi connectivity index (χ0) is 11.2. The predicted octanol–water partition coefficient (Wildman–Crippen LogP) is 3.23. The van der Waals surface area contributed by atoms with E-state index in [4.69, 9.17) is 4.74 Å². The lowest BCUT2D eigenvalue weighted by molar-refractivity contribution is -0.144. The van der Waals surface area contributed by atoms with Gasteiger partial charge in [0.05, 0.1) is 0 Å². The van der Waals surface area contributed by atoms with Gasteiger partial charge in [-0.05, 0) is 32.8 Å². The van der Waals surface area contributed by atoms with Gasteiger partial charge in [-0.2, -0.15) is 0 Å². The van der Waals surface area contributed by atoms with Crippen molar-refractivity contribution < 1.29 is 9.53 Å². The van der Waals surface area contributed by atoms with Crippen molar-refractivity contribution in [2.75, 3.05) is 6.61 Å². The molecule has 0 heterocycles. The van der Waals surface area contributed by atoms with Gasteiger partial charge in [0.1, 0.15) is 10.9 Å². The van der Waals surface area contributed by atoms with Crippen molar-refractivity contribution in [3.05, 3.63) is 24.3 Å². The van der Waals surface area contributed by atoms with Gasteiger partial charge in [0.25, 0.3) is 0 Å². The van der Waals surface area contributed by atoms with Crippen molar-refractivity contribution in [2.24, 2.45) is 0 Å². The van der Waals surface area contributed by atoms with Crippen LogP contribution < -0.4 is 0 Å². The number of esters is 1. The van der Waals surface area contributed by atoms with E-state index in [1.165, 1.54) is 0 Å². The molecule has 0 saturated heterocycles. The van der Waals surface area contributed by atoms with E-state index in [0.717, 1.165) is 12.0 Å². The molecule has 0 saturated carbocycles. The number of carbonyl (C=O) groups excluding carboxylic acids is 1. The quantitative estimate of drug-likeness (QED) is 0.431. The maximum absolute atomic E-state index is 11.3. The SMILES string of the molecule is C=CC/C=C(\C)COC(=O)C(C)(C)Br. The smallest absolute Gasteiger partial charge is 0.322 e. The minimum Gasteiger partial charge on any atom is -0.460 e. The third-order valence-electron chi connectivity index (χ3n) is 1.55. The van der Waals surface area contributed by atoms with Gasteiger partial charge >= 0.3 is 5.97 Å². The number of allylic oxidation sites excluding steroid dienone is 2. The zero-order valence-corrected chi connectivity index (χ0v) is 10.6. The van der Waals surface area contributed by atoms with Crippen LogP contribution in [0.3, 0.4) is 0 Å². The Morgan fingerprint density at radius 2 is 2.14 bits per heavy atom. The monoisotopic (exact) mass is 260 g/mol. The van der Waals surface area contributed by atoms with Crippen LogP contribution in [0.2, 0.25) is 0 Å². The summed E-state index contributed by atoms with van der Waals surface area (Å²) in [5.41, 5.74) is 1.04. The Labute approximate surface area is 94.2 Å². The second-order valence-corrected chi connectivity index (χ2v) is 5.61. The van der Waals surface area contributed by atoms with E-state index in [0.29, 0.717) is 6.61 Å². The molecule has 0 radical (unpaired) electrons. The summed E-state index contributed by atoms with van der Waals surface area (Å²) >= 11 is 3.24. The van der Waals surface area contributed by atoms with E-state index < -0.39 is 4.32 Å². The van der Waals surface area contributed by atoms with E-state index in [9.17, 15) is 4.79 Å². The maximum Gasteiger partial charge on any atom is 0.322 e. The summed E-state index contributed by atoms with van der Waals surface area (Å²) in [4.78, 5) is 11.3. The summed E-state index contributed by atoms with van der Waals surface area (Å²) in [6.07, 6.45) is 4.60. The van der Waals surface area contributed by atoms with Crippen LogP contribution in [0.1, 0.15) is 27.2 Å². The van der Waals surface area contributed by atoms with E-state index in [2.05, 4.69) is 22.5 Å². The van der Waals surface area contributed by atoms with Crippen molar-refractivity contribution in [3.63, 3.8) is 0 Å². The molecular formula is C11H17BrO2. The van der Waals surface area contributed by atoms with Crippen LogP contribution in [0.15, 0.2) is 24.3 Å². The molecule has 3 heteroatoms. The number of hydrogen-bond acceptors (Lipinski definition) is 2. The highest BCUT2D eigenvalue weighted by Crippen LogP contribution is 2.17. The molecule has 14 heavy (non-hydrogen) atoms. The molecule has 0 N–H and O–H groups in total. The largest absolute Gasteiger partial charge is 0.460 e. The summed E-state index contributed by atoms with van der Waals surface area (Å²) in [6, 6.07) is 0. The van der Waals surface area contributed by atoms with Gasteiger partial charge in [-0.25, -0.2) is 0 Å². The Morgan fingerprint density at radius 1 is 1.57 bits per heavy atom. The Balaban J connectivity index is 3.95. The molecule has 0 bridgehead atoms. The number of hydrogen-bond donors (Lipinski definition) is 0. The highest BCUT2D eigenvalue weighted by atomic mass is 79.9. The Hall–Kier alpha value is -0.570. The maximum atomic E-state index is 11.3. The van der Waals surface area contributed by atoms with Crippen molar-refractivity contribution in [1.82, 2.24) is 0 Å². The zero-order valence-electron chi connectivity index (χ0n) is 8.97. The van der Waals surface area contributed by atoms with Crippen molar-refractivity contribution >= 4 is 21.9 Å². The van der Waals surface area contributed by atoms with Crippen LogP contribution in [0, 0.1) is 0 Å². The average Bonchev–Trinajstić information content (AvgIpc) is 2.09. The predicted molar refractivity (Wildman–Crippen MR) is 62.5 cm³/mol. The molecule has 0 aliphatic heterocycles. The van der Waals surface area contributed by atoms with Crippen molar-refractivity contribution in [3.8, 4) is 0 Å². The molecule has 0 aliphatic rings. The second kappa shape index (κ2) is 6.02. The first kappa shape index (κ1) is 13.4. The van der Waals surface area contributed by atoms with Gasteiger partial charge in [-0.1, -0.05) is 28.1 Å². The molecule has 0 rings (SSSR count). The third kappa shape index (κ3) is 5.97. The molecule has 0 aliphatic carbocycles. The van der Waals surface area contributed by atoms with Gasteiger partial charge in [-0.3, -0.25) is 4.79 Å². The standard InChI is InChI=1S/C11H17BrO2/c1-5-6-7-9(2)8-14-10(13)11(3,4)12/h5,7H,1,6,8H2,2-4H3/b9-7+. The van der Waals surface area contributed by atoms with Crippen LogP contribution in [-0.4, -0.2) is 16.9 Å². The van der Waals surface area contributed by atoms with Crippen LogP contribution in [0.25, 0.3) is 0 Å². The molecule has 0 amide bonds. The van der Waals surface area contributed by atoms with Gasteiger partial charge in [-0.15, -0.1) is 6.58 Å². The Kier molecular flexibility index (Phi) is 5.77. The molecule has 0 aromatic rings. The summed E-state index contributed by atoms with van der Waals surface area (Å²) in [5, 5.41) is 0. The number of ether oxygens (including phenoxy) is 1. The number of halogens is 1. The first-order valence-electron chi connectivity index (χ1n) is 4.50. The lowest BCUT2D eigenvalue weighted by atomic mass is 10.2. The molecule has 0 aromatic carbocycles. The molecule has 0 atom stereocenters. The van der Waals surface area contributed by atoms with Gasteiger partial charge in [0.2, 0.25) is 0 Å². The van der Waals surface area contributed by atoms with E-state index in [1.54, 1.807) is 19.9 Å². The molecule has 0 fully saturated rings. The summed E-state index contributed by atoms with van der Waals surface area (Å²) in [7, 11) is 0. The van der Waals surface area contributed by atoms with Crippen LogP contribution in [0.4, 0.5) is 0 Å². The molecule has 2 nitrogen and oxygen atoms in total. The van der Waals surface area contributed by atoms with Gasteiger partial charge < -0.3 is 4.74 Å². The first-order chi connectivity index (χ1) is 6.38. The molecule has 80 valence electrons. The van der Waals surface area contributed by atoms with E-state index in [-0.39, 0.29) is 5.97 Å². The first-order valence-corrected chi connectivity index (χ1v) is 5.30. The Bertz CT molecular complexity index is 236. The number of alkyl halides is 1. The van der Waals surface area contributed by atoms with Gasteiger partial charge in [0, 0.05) is 0 Å². The van der Waals surface area contributed by atoms with E-state index >= 15 is 0 Å². The minimum absolute atomic E-state index is 0.246. The van der Waals surface area contributed by atoms with Crippen molar-refractivity contribution in [2.45, 2.75) is 31.5 Å². The molecular weight excluding hydrogens is 244 g/mol. The fourth-order valence-corrected chi connectivity index (χ4v) is 0.809. The lowest BCUT2D eigenvalue weighted by Crippen LogP contribution is -2.27. The van der Waals surface area contributed by atoms with Crippen LogP contribution >= 0.6 is 15.9 Å². The van der Waals surface area contributed by atoms with Crippen molar-refractivity contribution in [1.29, 1.82) is 0 Å². The molecule has 0 aromatic heterocycles. The fraction of sp³-hybridized carbons (Fsp3) is 0.545. The number of carbonyl (C=O) groups is 1. The highest BCUT2D eigenvalue weighted by Gasteiger charge is 2.25. The fourth-order valence-electron chi connectivity index (χ4n) is 0.694. The third-order valence-corrected chi connectivity index (χ3v) is 1.87. The topological polar surface area (TPSA) is 26.3 Å². The average molecular weight is 261 g/mol. The highest BCUT2D eigenvalue weighted by molar-refractivity contribution is 9.10. The molecule has 0 spiro atoms.